The summed E-state index contributed by atoms with van der Waals surface area (Å²) in [4.78, 5) is 4.87. The molecule has 0 spiro atoms. The summed E-state index contributed by atoms with van der Waals surface area (Å²) in [6, 6.07) is 2.89. The third-order valence-electron chi connectivity index (χ3n) is 3.61. The van der Waals surface area contributed by atoms with Gasteiger partial charge in [-0.05, 0) is 20.3 Å². The van der Waals surface area contributed by atoms with E-state index in [0.717, 1.165) is 38.3 Å². The topological polar surface area (TPSA) is 52.7 Å². The molecule has 1 aliphatic heterocycles. The quantitative estimate of drug-likeness (QED) is 0.847. The first-order valence-corrected chi connectivity index (χ1v) is 6.69. The number of hydrogen-bond acceptors (Lipinski definition) is 5. The summed E-state index contributed by atoms with van der Waals surface area (Å²) in [5.74, 6) is 0. The third-order valence-corrected chi connectivity index (χ3v) is 3.61. The van der Waals surface area contributed by atoms with Crippen LogP contribution < -0.4 is 0 Å². The second-order valence-corrected chi connectivity index (χ2v) is 5.22. The normalized spacial score (nSPS) is 22.8. The van der Waals surface area contributed by atoms with E-state index in [1.165, 1.54) is 0 Å². The maximum atomic E-state index is 9.19. The molecule has 0 aliphatic carbocycles. The molecular formula is C13H23N3O2. The van der Waals surface area contributed by atoms with Crippen molar-refractivity contribution < 1.29 is 9.63 Å². The lowest BCUT2D eigenvalue weighted by Gasteiger charge is -2.43. The minimum absolute atomic E-state index is 0.256. The lowest BCUT2D eigenvalue weighted by Crippen LogP contribution is -2.55. The van der Waals surface area contributed by atoms with E-state index in [2.05, 4.69) is 28.8 Å². The average molecular weight is 253 g/mol. The number of aromatic nitrogens is 1. The van der Waals surface area contributed by atoms with Crippen LogP contribution >= 0.6 is 0 Å². The van der Waals surface area contributed by atoms with Crippen molar-refractivity contribution in [1.82, 2.24) is 15.0 Å². The Bertz CT molecular complexity index is 340. The zero-order chi connectivity index (χ0) is 13.0. The van der Waals surface area contributed by atoms with Crippen molar-refractivity contribution in [3.8, 4) is 0 Å². The van der Waals surface area contributed by atoms with E-state index < -0.39 is 0 Å². The van der Waals surface area contributed by atoms with E-state index in [-0.39, 0.29) is 6.61 Å². The Kier molecular flexibility index (Phi) is 4.74. The maximum Gasteiger partial charge on any atom is 0.124 e. The Morgan fingerprint density at radius 3 is 2.94 bits per heavy atom. The second-order valence-electron chi connectivity index (χ2n) is 5.22. The first-order valence-electron chi connectivity index (χ1n) is 6.69. The van der Waals surface area contributed by atoms with Crippen molar-refractivity contribution >= 4 is 0 Å². The minimum atomic E-state index is 0.256. The number of piperazine rings is 1. The molecule has 1 N–H and O–H groups in total. The molecule has 0 amide bonds. The molecule has 1 fully saturated rings. The minimum Gasteiger partial charge on any atom is -0.396 e. The summed E-state index contributed by atoms with van der Waals surface area (Å²) < 4.78 is 4.86. The highest BCUT2D eigenvalue weighted by Gasteiger charge is 2.28. The largest absolute Gasteiger partial charge is 0.396 e. The molecule has 0 saturated carbocycles. The summed E-state index contributed by atoms with van der Waals surface area (Å²) >= 11 is 0. The van der Waals surface area contributed by atoms with E-state index >= 15 is 0 Å². The van der Waals surface area contributed by atoms with Gasteiger partial charge in [-0.15, -0.1) is 0 Å². The summed E-state index contributed by atoms with van der Waals surface area (Å²) in [6.07, 6.45) is 2.46. The zero-order valence-corrected chi connectivity index (χ0v) is 11.2. The van der Waals surface area contributed by atoms with Crippen LogP contribution in [0.3, 0.4) is 0 Å². The van der Waals surface area contributed by atoms with Crippen molar-refractivity contribution in [1.29, 1.82) is 0 Å². The molecule has 5 heteroatoms. The third kappa shape index (κ3) is 3.31. The molecule has 2 rings (SSSR count). The predicted molar refractivity (Wildman–Crippen MR) is 69.1 cm³/mol. The van der Waals surface area contributed by atoms with E-state index in [1.807, 2.05) is 6.07 Å². The van der Waals surface area contributed by atoms with Crippen molar-refractivity contribution in [2.75, 3.05) is 26.2 Å². The Morgan fingerprint density at radius 1 is 1.50 bits per heavy atom. The van der Waals surface area contributed by atoms with Gasteiger partial charge in [-0.25, -0.2) is 0 Å². The number of aliphatic hydroxyl groups is 1. The molecule has 1 aromatic rings. The molecule has 1 atom stereocenters. The summed E-state index contributed by atoms with van der Waals surface area (Å²) in [5, 5.41) is 13.1. The summed E-state index contributed by atoms with van der Waals surface area (Å²) in [6.45, 7) is 8.63. The SMILES string of the molecule is CC(C)N1CCN(Cc2ccon2)CC1CCO. The Morgan fingerprint density at radius 2 is 2.33 bits per heavy atom. The summed E-state index contributed by atoms with van der Waals surface area (Å²) in [7, 11) is 0. The molecule has 18 heavy (non-hydrogen) atoms. The highest BCUT2D eigenvalue weighted by molar-refractivity contribution is 4.96. The molecule has 2 heterocycles. The fourth-order valence-corrected chi connectivity index (χ4v) is 2.71. The van der Waals surface area contributed by atoms with Crippen LogP contribution in [0, 0.1) is 0 Å². The molecule has 5 nitrogen and oxygen atoms in total. The van der Waals surface area contributed by atoms with Crippen molar-refractivity contribution in [3.63, 3.8) is 0 Å². The molecule has 1 aromatic heterocycles. The molecular weight excluding hydrogens is 230 g/mol. The van der Waals surface area contributed by atoms with Gasteiger partial charge in [-0.2, -0.15) is 0 Å². The fraction of sp³-hybridized carbons (Fsp3) is 0.769. The first kappa shape index (κ1) is 13.5. The molecule has 0 aromatic carbocycles. The molecule has 1 saturated heterocycles. The van der Waals surface area contributed by atoms with Gasteiger partial charge in [-0.1, -0.05) is 5.16 Å². The fourth-order valence-electron chi connectivity index (χ4n) is 2.71. The van der Waals surface area contributed by atoms with E-state index in [1.54, 1.807) is 6.26 Å². The first-order chi connectivity index (χ1) is 8.70. The number of rotatable bonds is 5. The van der Waals surface area contributed by atoms with Gasteiger partial charge in [0.2, 0.25) is 0 Å². The lowest BCUT2D eigenvalue weighted by atomic mass is 10.1. The van der Waals surface area contributed by atoms with Crippen molar-refractivity contribution in [3.05, 3.63) is 18.0 Å². The molecule has 0 bridgehead atoms. The van der Waals surface area contributed by atoms with E-state index in [0.29, 0.717) is 12.1 Å². The number of aliphatic hydroxyl groups excluding tert-OH is 1. The number of hydrogen-bond donors (Lipinski definition) is 1. The average Bonchev–Trinajstić information content (AvgIpc) is 2.82. The lowest BCUT2D eigenvalue weighted by molar-refractivity contribution is 0.0340. The molecule has 1 unspecified atom stereocenters. The van der Waals surface area contributed by atoms with Crippen LogP contribution in [0.25, 0.3) is 0 Å². The van der Waals surface area contributed by atoms with Gasteiger partial charge in [0.25, 0.3) is 0 Å². The van der Waals surface area contributed by atoms with Gasteiger partial charge in [0.05, 0.1) is 5.69 Å². The Balaban J connectivity index is 1.92. The van der Waals surface area contributed by atoms with Crippen molar-refractivity contribution in [2.24, 2.45) is 0 Å². The van der Waals surface area contributed by atoms with Gasteiger partial charge < -0.3 is 9.63 Å². The van der Waals surface area contributed by atoms with Gasteiger partial charge in [0.1, 0.15) is 6.26 Å². The highest BCUT2D eigenvalue weighted by atomic mass is 16.5. The molecule has 1 aliphatic rings. The zero-order valence-electron chi connectivity index (χ0n) is 11.2. The Labute approximate surface area is 108 Å². The predicted octanol–water partition coefficient (Wildman–Crippen LogP) is 0.952. The van der Waals surface area contributed by atoms with Crippen LogP contribution in [0.5, 0.6) is 0 Å². The van der Waals surface area contributed by atoms with Gasteiger partial charge in [0.15, 0.2) is 0 Å². The van der Waals surface area contributed by atoms with Crippen LogP contribution in [-0.4, -0.2) is 58.4 Å². The second kappa shape index (κ2) is 6.31. The highest BCUT2D eigenvalue weighted by Crippen LogP contribution is 2.17. The van der Waals surface area contributed by atoms with Crippen LogP contribution in [0.1, 0.15) is 26.0 Å². The number of nitrogens with zero attached hydrogens (tertiary/aromatic N) is 3. The van der Waals surface area contributed by atoms with Gasteiger partial charge in [-0.3, -0.25) is 9.80 Å². The van der Waals surface area contributed by atoms with Crippen LogP contribution in [0.2, 0.25) is 0 Å². The van der Waals surface area contributed by atoms with Gasteiger partial charge in [0, 0.05) is 50.9 Å². The van der Waals surface area contributed by atoms with E-state index in [4.69, 9.17) is 4.52 Å². The standard InChI is InChI=1S/C13H23N3O2/c1-11(2)16-6-5-15(10-13(16)3-7-17)9-12-4-8-18-14-12/h4,8,11,13,17H,3,5-7,9-10H2,1-2H3. The van der Waals surface area contributed by atoms with E-state index in [9.17, 15) is 5.11 Å². The van der Waals surface area contributed by atoms with Crippen LogP contribution in [-0.2, 0) is 6.54 Å². The summed E-state index contributed by atoms with van der Waals surface area (Å²) in [5.41, 5.74) is 0.982. The molecule has 0 radical (unpaired) electrons. The Hall–Kier alpha value is -0.910. The maximum absolute atomic E-state index is 9.19. The smallest absolute Gasteiger partial charge is 0.124 e. The van der Waals surface area contributed by atoms with Crippen molar-refractivity contribution in [2.45, 2.75) is 38.9 Å². The van der Waals surface area contributed by atoms with Crippen LogP contribution in [0.4, 0.5) is 0 Å². The molecule has 102 valence electrons. The monoisotopic (exact) mass is 253 g/mol. The van der Waals surface area contributed by atoms with Crippen LogP contribution in [0.15, 0.2) is 16.9 Å². The van der Waals surface area contributed by atoms with Gasteiger partial charge >= 0.3 is 0 Å².